The molecule has 1 unspecified atom stereocenters. The van der Waals surface area contributed by atoms with E-state index in [1.807, 2.05) is 55.5 Å². The van der Waals surface area contributed by atoms with E-state index >= 15 is 0 Å². The van der Waals surface area contributed by atoms with Crippen molar-refractivity contribution in [2.45, 2.75) is 31.1 Å². The van der Waals surface area contributed by atoms with Crippen LogP contribution < -0.4 is 4.74 Å². The molecule has 0 saturated carbocycles. The lowest BCUT2D eigenvalue weighted by molar-refractivity contribution is -0.471. The van der Waals surface area contributed by atoms with Gasteiger partial charge in [-0.15, -0.1) is 23.1 Å². The van der Waals surface area contributed by atoms with Gasteiger partial charge in [0.2, 0.25) is 0 Å². The van der Waals surface area contributed by atoms with Gasteiger partial charge >= 0.3 is 0 Å². The standard InChI is InChI=1S/C19H22NO3S/c1-4-18(20(21)22)19(14-6-10-16(23-3)11-7-14)15-8-12-17(13-9-15)24-5-2/h6-13,19H,4-5H2,1-3H3/q-1. The Balaban J connectivity index is 2.43. The molecule has 24 heavy (non-hydrogen) atoms. The predicted molar refractivity (Wildman–Crippen MR) is 98.2 cm³/mol. The van der Waals surface area contributed by atoms with E-state index in [9.17, 15) is 10.1 Å². The van der Waals surface area contributed by atoms with Crippen molar-refractivity contribution in [3.8, 4) is 5.75 Å². The van der Waals surface area contributed by atoms with Gasteiger partial charge in [-0.25, -0.2) is 0 Å². The zero-order valence-corrected chi connectivity index (χ0v) is 15.0. The second kappa shape index (κ2) is 8.64. The normalized spacial score (nSPS) is 11.8. The Morgan fingerprint density at radius 2 is 1.62 bits per heavy atom. The quantitative estimate of drug-likeness (QED) is 0.287. The highest BCUT2D eigenvalue weighted by Crippen LogP contribution is 2.37. The van der Waals surface area contributed by atoms with Gasteiger partial charge in [-0.2, -0.15) is 0 Å². The van der Waals surface area contributed by atoms with E-state index in [1.165, 1.54) is 4.90 Å². The number of rotatable bonds is 8. The van der Waals surface area contributed by atoms with E-state index in [0.717, 1.165) is 22.6 Å². The highest BCUT2D eigenvalue weighted by atomic mass is 32.2. The highest BCUT2D eigenvalue weighted by Gasteiger charge is 2.21. The summed E-state index contributed by atoms with van der Waals surface area (Å²) in [5.74, 6) is 1.39. The van der Waals surface area contributed by atoms with Crippen LogP contribution in [0.15, 0.2) is 53.4 Å². The molecule has 1 atom stereocenters. The minimum atomic E-state index is -0.350. The van der Waals surface area contributed by atoms with Crippen LogP contribution in [0.25, 0.3) is 0 Å². The Kier molecular flexibility index (Phi) is 6.55. The van der Waals surface area contributed by atoms with E-state index in [2.05, 4.69) is 6.92 Å². The first-order valence-corrected chi connectivity index (χ1v) is 8.96. The number of nitrogens with zero attached hydrogens (tertiary/aromatic N) is 1. The number of hydrogen-bond donors (Lipinski definition) is 0. The summed E-state index contributed by atoms with van der Waals surface area (Å²) in [6, 6.07) is 15.8. The fourth-order valence-corrected chi connectivity index (χ4v) is 3.40. The lowest BCUT2D eigenvalue weighted by atomic mass is 9.84. The second-order valence-electron chi connectivity index (χ2n) is 5.31. The maximum absolute atomic E-state index is 11.6. The number of nitro groups is 1. The molecular weight excluding hydrogens is 322 g/mol. The third-order valence-electron chi connectivity index (χ3n) is 3.90. The van der Waals surface area contributed by atoms with Crippen molar-refractivity contribution in [3.05, 3.63) is 75.8 Å². The number of benzene rings is 2. The van der Waals surface area contributed by atoms with Crippen molar-refractivity contribution < 1.29 is 9.66 Å². The summed E-state index contributed by atoms with van der Waals surface area (Å²) in [4.78, 5) is 12.5. The number of ether oxygens (including phenoxy) is 1. The second-order valence-corrected chi connectivity index (χ2v) is 6.65. The monoisotopic (exact) mass is 344 g/mol. The van der Waals surface area contributed by atoms with Crippen molar-refractivity contribution in [2.75, 3.05) is 12.9 Å². The smallest absolute Gasteiger partial charge is 0.118 e. The predicted octanol–water partition coefficient (Wildman–Crippen LogP) is 5.16. The molecular formula is C19H22NO3S-. The zero-order valence-electron chi connectivity index (χ0n) is 14.2. The van der Waals surface area contributed by atoms with E-state index in [4.69, 9.17) is 4.74 Å². The van der Waals surface area contributed by atoms with Crippen LogP contribution in [-0.4, -0.2) is 17.8 Å². The molecule has 2 aromatic rings. The summed E-state index contributed by atoms with van der Waals surface area (Å²) in [7, 11) is 1.61. The van der Waals surface area contributed by atoms with Crippen LogP contribution in [0.5, 0.6) is 5.75 Å². The summed E-state index contributed by atoms with van der Waals surface area (Å²) >= 11 is 1.76. The average molecular weight is 344 g/mol. The molecule has 2 aromatic carbocycles. The van der Waals surface area contributed by atoms with Crippen LogP contribution in [-0.2, 0) is 0 Å². The molecule has 0 spiro atoms. The molecule has 128 valence electrons. The Morgan fingerprint density at radius 1 is 1.08 bits per heavy atom. The molecule has 0 fully saturated rings. The topological polar surface area (TPSA) is 52.4 Å². The third kappa shape index (κ3) is 4.23. The average Bonchev–Trinajstić information content (AvgIpc) is 2.60. The van der Waals surface area contributed by atoms with Gasteiger partial charge in [0.15, 0.2) is 0 Å². The maximum atomic E-state index is 11.6. The first-order valence-electron chi connectivity index (χ1n) is 7.97. The van der Waals surface area contributed by atoms with Crippen LogP contribution in [0.4, 0.5) is 0 Å². The SMILES string of the molecule is CCSc1ccc(C(c2ccc(OC)cc2)[C-](CC)[N+](=O)[O-])cc1. The van der Waals surface area contributed by atoms with Crippen LogP contribution >= 0.6 is 11.8 Å². The van der Waals surface area contributed by atoms with E-state index in [0.29, 0.717) is 12.5 Å². The Hall–Kier alpha value is -2.14. The molecule has 2 rings (SSSR count). The van der Waals surface area contributed by atoms with Gasteiger partial charge in [-0.3, -0.25) is 10.1 Å². The van der Waals surface area contributed by atoms with Crippen molar-refractivity contribution in [3.63, 3.8) is 0 Å². The van der Waals surface area contributed by atoms with E-state index < -0.39 is 0 Å². The van der Waals surface area contributed by atoms with Crippen LogP contribution in [0.3, 0.4) is 0 Å². The molecule has 5 heteroatoms. The first-order chi connectivity index (χ1) is 11.6. The maximum Gasteiger partial charge on any atom is 0.118 e. The van der Waals surface area contributed by atoms with E-state index in [1.54, 1.807) is 18.9 Å². The Bertz CT molecular complexity index is 655. The number of thioether (sulfide) groups is 1. The van der Waals surface area contributed by atoms with Crippen molar-refractivity contribution >= 4 is 11.8 Å². The van der Waals surface area contributed by atoms with Crippen LogP contribution in [0.2, 0.25) is 0 Å². The summed E-state index contributed by atoms with van der Waals surface area (Å²) < 4.78 is 5.19. The van der Waals surface area contributed by atoms with Gasteiger partial charge in [0.1, 0.15) is 5.75 Å². The lowest BCUT2D eigenvalue weighted by Crippen LogP contribution is -2.19. The Morgan fingerprint density at radius 3 is 2.04 bits per heavy atom. The molecule has 0 aliphatic carbocycles. The number of methoxy groups -OCH3 is 1. The molecule has 0 saturated heterocycles. The van der Waals surface area contributed by atoms with Gasteiger partial charge in [0, 0.05) is 4.90 Å². The molecule has 0 N–H and O–H groups in total. The summed E-state index contributed by atoms with van der Waals surface area (Å²) in [5.41, 5.74) is 1.84. The largest absolute Gasteiger partial charge is 0.497 e. The summed E-state index contributed by atoms with van der Waals surface area (Å²) in [6.45, 7) is 3.93. The third-order valence-corrected chi connectivity index (χ3v) is 4.80. The first kappa shape index (κ1) is 18.2. The molecule has 4 nitrogen and oxygen atoms in total. The minimum absolute atomic E-state index is 0.246. The molecule has 0 radical (unpaired) electrons. The van der Waals surface area contributed by atoms with Gasteiger partial charge in [-0.05, 0) is 42.0 Å². The Labute approximate surface area is 147 Å². The molecule has 0 bridgehead atoms. The molecule has 0 amide bonds. The van der Waals surface area contributed by atoms with E-state index in [-0.39, 0.29) is 10.8 Å². The minimum Gasteiger partial charge on any atom is -0.497 e. The lowest BCUT2D eigenvalue weighted by Gasteiger charge is -2.32. The van der Waals surface area contributed by atoms with Crippen LogP contribution in [0, 0.1) is 16.2 Å². The van der Waals surface area contributed by atoms with Gasteiger partial charge < -0.3 is 4.74 Å². The molecule has 0 aromatic heterocycles. The van der Waals surface area contributed by atoms with Crippen molar-refractivity contribution in [2.24, 2.45) is 0 Å². The van der Waals surface area contributed by atoms with Gasteiger partial charge in [0.05, 0.1) is 7.11 Å². The number of hydrogen-bond acceptors (Lipinski definition) is 4. The molecule has 0 heterocycles. The zero-order chi connectivity index (χ0) is 17.5. The molecule has 0 aliphatic rings. The molecule has 0 aliphatic heterocycles. The summed E-state index contributed by atoms with van der Waals surface area (Å²) in [6.07, 6.45) is 0.398. The fraction of sp³-hybridized carbons (Fsp3) is 0.316. The van der Waals surface area contributed by atoms with Crippen molar-refractivity contribution in [1.82, 2.24) is 0 Å². The van der Waals surface area contributed by atoms with Crippen LogP contribution in [0.1, 0.15) is 37.3 Å². The van der Waals surface area contributed by atoms with Gasteiger partial charge in [0.25, 0.3) is 0 Å². The highest BCUT2D eigenvalue weighted by molar-refractivity contribution is 7.99. The summed E-state index contributed by atoms with van der Waals surface area (Å²) in [5, 5.41) is 11.6. The van der Waals surface area contributed by atoms with Crippen molar-refractivity contribution in [1.29, 1.82) is 0 Å². The fourth-order valence-electron chi connectivity index (χ4n) is 2.74. The van der Waals surface area contributed by atoms with Gasteiger partial charge in [-0.1, -0.05) is 49.2 Å².